The summed E-state index contributed by atoms with van der Waals surface area (Å²) in [5.41, 5.74) is 5.14. The van der Waals surface area contributed by atoms with Crippen molar-refractivity contribution in [3.05, 3.63) is 66.0 Å². The number of carbonyl (C=O) groups excluding carboxylic acids is 2. The Bertz CT molecular complexity index is 994. The van der Waals surface area contributed by atoms with E-state index in [0.29, 0.717) is 32.7 Å². The number of carbonyl (C=O) groups is 2. The third-order valence-corrected chi connectivity index (χ3v) is 7.06. The minimum atomic E-state index is -0.328. The van der Waals surface area contributed by atoms with Crippen molar-refractivity contribution in [1.82, 2.24) is 20.1 Å². The number of nitrogens with one attached hydrogen (secondary N) is 1. The first kappa shape index (κ1) is 22.0. The predicted molar refractivity (Wildman–Crippen MR) is 124 cm³/mol. The lowest BCUT2D eigenvalue weighted by Gasteiger charge is -2.42. The fourth-order valence-corrected chi connectivity index (χ4v) is 5.18. The molecule has 0 bridgehead atoms. The van der Waals surface area contributed by atoms with Crippen molar-refractivity contribution in [3.63, 3.8) is 0 Å². The van der Waals surface area contributed by atoms with Crippen LogP contribution in [-0.4, -0.2) is 78.9 Å². The Morgan fingerprint density at radius 2 is 1.70 bits per heavy atom. The number of piperidine rings is 1. The highest BCUT2D eigenvalue weighted by molar-refractivity contribution is 5.98. The highest BCUT2D eigenvalue weighted by atomic mass is 19.1. The lowest BCUT2D eigenvalue weighted by Crippen LogP contribution is -2.59. The van der Waals surface area contributed by atoms with Crippen molar-refractivity contribution in [2.24, 2.45) is 11.8 Å². The highest BCUT2D eigenvalue weighted by Crippen LogP contribution is 2.33. The lowest BCUT2D eigenvalue weighted by molar-refractivity contribution is -0.141. The number of hydrogen-bond acceptors (Lipinski definition) is 5. The van der Waals surface area contributed by atoms with Crippen molar-refractivity contribution in [2.75, 3.05) is 51.3 Å². The number of hydrogen-bond donors (Lipinski definition) is 1. The number of rotatable bonds is 4. The third kappa shape index (κ3) is 4.51. The number of likely N-dealkylation sites (N-methyl/N-ethyl adjacent to an activating group) is 1. The molecule has 0 aromatic heterocycles. The normalized spacial score (nSPS) is 26.5. The first-order chi connectivity index (χ1) is 16.0. The molecule has 5 rings (SSSR count). The molecule has 3 saturated heterocycles. The lowest BCUT2D eigenvalue weighted by atomic mass is 9.83. The van der Waals surface area contributed by atoms with Crippen LogP contribution in [0, 0.1) is 17.7 Å². The molecule has 174 valence electrons. The second-order valence-electron chi connectivity index (χ2n) is 9.33. The van der Waals surface area contributed by atoms with E-state index in [1.165, 1.54) is 12.1 Å². The van der Waals surface area contributed by atoms with Crippen LogP contribution in [0.3, 0.4) is 0 Å². The van der Waals surface area contributed by atoms with Crippen LogP contribution in [0.15, 0.2) is 54.6 Å². The zero-order chi connectivity index (χ0) is 22.9. The van der Waals surface area contributed by atoms with Gasteiger partial charge in [0.25, 0.3) is 0 Å². The Balaban J connectivity index is 1.40. The summed E-state index contributed by atoms with van der Waals surface area (Å²) in [6.45, 7) is 4.82. The second-order valence-corrected chi connectivity index (χ2v) is 9.33. The van der Waals surface area contributed by atoms with E-state index in [9.17, 15) is 14.0 Å². The molecular formula is C25H30FN5O2. The summed E-state index contributed by atoms with van der Waals surface area (Å²) in [5.74, 6) is -0.816. The quantitative estimate of drug-likeness (QED) is 0.765. The van der Waals surface area contributed by atoms with Gasteiger partial charge in [-0.25, -0.2) is 14.8 Å². The fourth-order valence-electron chi connectivity index (χ4n) is 5.18. The molecule has 0 radical (unpaired) electrons. The van der Waals surface area contributed by atoms with E-state index >= 15 is 0 Å². The molecule has 0 aliphatic carbocycles. The molecular weight excluding hydrogens is 421 g/mol. The number of benzene rings is 2. The molecule has 3 aliphatic rings. The molecule has 8 heteroatoms. The summed E-state index contributed by atoms with van der Waals surface area (Å²) in [7, 11) is 2.07. The van der Waals surface area contributed by atoms with Gasteiger partial charge in [0.2, 0.25) is 11.8 Å². The van der Waals surface area contributed by atoms with Gasteiger partial charge in [0.05, 0.1) is 23.6 Å². The van der Waals surface area contributed by atoms with Crippen molar-refractivity contribution >= 4 is 17.5 Å². The van der Waals surface area contributed by atoms with E-state index in [-0.39, 0.29) is 35.5 Å². The SMILES string of the molecule is CN1CCN(C(=O)C2CN(Cc3ccc(F)cc3)CC3C(=O)N(c4ccccc4)NC23)CC1. The minimum absolute atomic E-state index is 0.00816. The van der Waals surface area contributed by atoms with E-state index in [1.807, 2.05) is 35.2 Å². The summed E-state index contributed by atoms with van der Waals surface area (Å²) >= 11 is 0. The standard InChI is InChI=1S/C25H30FN5O2/c1-28-11-13-30(14-12-28)24(32)21-16-29(15-18-7-9-19(26)10-8-18)17-22-23(21)27-31(25(22)33)20-5-3-2-4-6-20/h2-10,21-23,27H,11-17H2,1H3. The Morgan fingerprint density at radius 1 is 1.00 bits per heavy atom. The first-order valence-electron chi connectivity index (χ1n) is 11.6. The predicted octanol–water partition coefficient (Wildman–Crippen LogP) is 1.57. The molecule has 33 heavy (non-hydrogen) atoms. The molecule has 2 aromatic carbocycles. The maximum absolute atomic E-state index is 13.7. The number of para-hydroxylation sites is 1. The smallest absolute Gasteiger partial charge is 0.247 e. The molecule has 0 spiro atoms. The molecule has 2 amide bonds. The Labute approximate surface area is 193 Å². The van der Waals surface area contributed by atoms with Crippen LogP contribution in [0.5, 0.6) is 0 Å². The van der Waals surface area contributed by atoms with Gasteiger partial charge in [-0.05, 0) is 36.9 Å². The number of amides is 2. The van der Waals surface area contributed by atoms with Gasteiger partial charge in [0.1, 0.15) is 5.82 Å². The Kier molecular flexibility index (Phi) is 6.14. The van der Waals surface area contributed by atoms with E-state index in [4.69, 9.17) is 0 Å². The van der Waals surface area contributed by atoms with E-state index < -0.39 is 0 Å². The number of anilines is 1. The Hall–Kier alpha value is -2.81. The average Bonchev–Trinajstić information content (AvgIpc) is 3.17. The fraction of sp³-hybridized carbons (Fsp3) is 0.440. The Morgan fingerprint density at radius 3 is 2.39 bits per heavy atom. The van der Waals surface area contributed by atoms with Gasteiger partial charge in [0, 0.05) is 45.8 Å². The van der Waals surface area contributed by atoms with Crippen LogP contribution in [-0.2, 0) is 16.1 Å². The zero-order valence-corrected chi connectivity index (χ0v) is 18.9. The highest BCUT2D eigenvalue weighted by Gasteiger charge is 2.51. The molecule has 3 atom stereocenters. The molecule has 7 nitrogen and oxygen atoms in total. The number of likely N-dealkylation sites (tertiary alicyclic amines) is 1. The van der Waals surface area contributed by atoms with Crippen LogP contribution in [0.4, 0.5) is 10.1 Å². The summed E-state index contributed by atoms with van der Waals surface area (Å²) in [6, 6.07) is 15.7. The van der Waals surface area contributed by atoms with Gasteiger partial charge in [-0.2, -0.15) is 0 Å². The van der Waals surface area contributed by atoms with Gasteiger partial charge in [-0.3, -0.25) is 14.5 Å². The number of piperazine rings is 1. The maximum atomic E-state index is 13.7. The van der Waals surface area contributed by atoms with Crippen molar-refractivity contribution in [2.45, 2.75) is 12.6 Å². The van der Waals surface area contributed by atoms with Crippen LogP contribution < -0.4 is 10.4 Å². The second kappa shape index (κ2) is 9.21. The van der Waals surface area contributed by atoms with Gasteiger partial charge in [-0.1, -0.05) is 30.3 Å². The van der Waals surface area contributed by atoms with E-state index in [1.54, 1.807) is 17.1 Å². The van der Waals surface area contributed by atoms with Crippen LogP contribution >= 0.6 is 0 Å². The molecule has 0 saturated carbocycles. The summed E-state index contributed by atoms with van der Waals surface area (Å²) in [4.78, 5) is 33.4. The zero-order valence-electron chi connectivity index (χ0n) is 18.9. The number of halogens is 1. The summed E-state index contributed by atoms with van der Waals surface area (Å²) < 4.78 is 13.4. The molecule has 2 aromatic rings. The van der Waals surface area contributed by atoms with Crippen molar-refractivity contribution < 1.29 is 14.0 Å². The molecule has 3 aliphatic heterocycles. The van der Waals surface area contributed by atoms with E-state index in [0.717, 1.165) is 24.3 Å². The average molecular weight is 452 g/mol. The van der Waals surface area contributed by atoms with E-state index in [2.05, 4.69) is 22.3 Å². The van der Waals surface area contributed by atoms with Crippen molar-refractivity contribution in [1.29, 1.82) is 0 Å². The minimum Gasteiger partial charge on any atom is -0.340 e. The number of hydrazine groups is 1. The van der Waals surface area contributed by atoms with Gasteiger partial charge in [0.15, 0.2) is 0 Å². The third-order valence-electron chi connectivity index (χ3n) is 7.06. The maximum Gasteiger partial charge on any atom is 0.247 e. The number of nitrogens with zero attached hydrogens (tertiary/aromatic N) is 4. The van der Waals surface area contributed by atoms with Gasteiger partial charge >= 0.3 is 0 Å². The first-order valence-corrected chi connectivity index (χ1v) is 11.6. The molecule has 1 N–H and O–H groups in total. The van der Waals surface area contributed by atoms with Crippen molar-refractivity contribution in [3.8, 4) is 0 Å². The largest absolute Gasteiger partial charge is 0.340 e. The van der Waals surface area contributed by atoms with Crippen LogP contribution in [0.1, 0.15) is 5.56 Å². The molecule has 3 fully saturated rings. The topological polar surface area (TPSA) is 59.1 Å². The summed E-state index contributed by atoms with van der Waals surface area (Å²) in [6.07, 6.45) is 0. The molecule has 3 heterocycles. The van der Waals surface area contributed by atoms with Crippen LogP contribution in [0.25, 0.3) is 0 Å². The summed E-state index contributed by atoms with van der Waals surface area (Å²) in [5, 5.41) is 1.61. The number of fused-ring (bicyclic) bond motifs is 1. The van der Waals surface area contributed by atoms with Crippen LogP contribution in [0.2, 0.25) is 0 Å². The van der Waals surface area contributed by atoms with Gasteiger partial charge < -0.3 is 9.80 Å². The van der Waals surface area contributed by atoms with Gasteiger partial charge in [-0.15, -0.1) is 0 Å². The monoisotopic (exact) mass is 451 g/mol. The molecule has 3 unspecified atom stereocenters.